The van der Waals surface area contributed by atoms with Gasteiger partial charge in [-0.2, -0.15) is 4.31 Å². The quantitative estimate of drug-likeness (QED) is 0.681. The molecule has 0 saturated heterocycles. The SMILES string of the molecule is CN(C)c1nc(-c2ccccc2)nc2c1CN(S(=O)(=O)c1ccccc1)CC2. The maximum Gasteiger partial charge on any atom is 0.243 e. The lowest BCUT2D eigenvalue weighted by Gasteiger charge is -2.30. The van der Waals surface area contributed by atoms with E-state index in [1.54, 1.807) is 24.3 Å². The van der Waals surface area contributed by atoms with E-state index in [1.807, 2.05) is 55.4 Å². The van der Waals surface area contributed by atoms with E-state index in [-0.39, 0.29) is 6.54 Å². The molecule has 144 valence electrons. The number of hydrogen-bond donors (Lipinski definition) is 0. The number of nitrogens with zero attached hydrogens (tertiary/aromatic N) is 4. The van der Waals surface area contributed by atoms with Crippen molar-refractivity contribution >= 4 is 15.8 Å². The fourth-order valence-corrected chi connectivity index (χ4v) is 4.83. The minimum atomic E-state index is -3.55. The summed E-state index contributed by atoms with van der Waals surface area (Å²) in [5, 5.41) is 0. The zero-order valence-corrected chi connectivity index (χ0v) is 16.7. The van der Waals surface area contributed by atoms with Crippen LogP contribution in [0.1, 0.15) is 11.3 Å². The first-order valence-corrected chi connectivity index (χ1v) is 10.6. The van der Waals surface area contributed by atoms with Crippen LogP contribution in [0.15, 0.2) is 65.6 Å². The Labute approximate surface area is 165 Å². The number of rotatable bonds is 4. The summed E-state index contributed by atoms with van der Waals surface area (Å²) in [6, 6.07) is 18.4. The molecule has 0 fully saturated rings. The zero-order valence-electron chi connectivity index (χ0n) is 15.9. The molecular formula is C21H22N4O2S. The summed E-state index contributed by atoms with van der Waals surface area (Å²) in [6.45, 7) is 0.678. The molecule has 0 N–H and O–H groups in total. The maximum absolute atomic E-state index is 13.0. The third kappa shape index (κ3) is 3.39. The maximum atomic E-state index is 13.0. The van der Waals surface area contributed by atoms with Crippen molar-refractivity contribution in [2.45, 2.75) is 17.9 Å². The Bertz CT molecular complexity index is 1080. The highest BCUT2D eigenvalue weighted by molar-refractivity contribution is 7.89. The normalized spacial score (nSPS) is 14.5. The molecule has 0 spiro atoms. The van der Waals surface area contributed by atoms with E-state index in [0.717, 1.165) is 22.6 Å². The van der Waals surface area contributed by atoms with Crippen molar-refractivity contribution in [3.8, 4) is 11.4 Å². The third-order valence-corrected chi connectivity index (χ3v) is 6.70. The summed E-state index contributed by atoms with van der Waals surface area (Å²) < 4.78 is 27.6. The Morgan fingerprint density at radius 3 is 2.21 bits per heavy atom. The van der Waals surface area contributed by atoms with E-state index >= 15 is 0 Å². The van der Waals surface area contributed by atoms with Crippen molar-refractivity contribution in [3.63, 3.8) is 0 Å². The van der Waals surface area contributed by atoms with Gasteiger partial charge in [0.05, 0.1) is 10.6 Å². The average Bonchev–Trinajstić information content (AvgIpc) is 2.73. The number of benzene rings is 2. The molecular weight excluding hydrogens is 372 g/mol. The van der Waals surface area contributed by atoms with Gasteiger partial charge in [0.1, 0.15) is 5.82 Å². The van der Waals surface area contributed by atoms with Gasteiger partial charge in [0.2, 0.25) is 10.0 Å². The topological polar surface area (TPSA) is 66.4 Å². The van der Waals surface area contributed by atoms with Crippen LogP contribution in [-0.4, -0.2) is 43.3 Å². The Kier molecular flexibility index (Phi) is 4.87. The molecule has 1 aliphatic rings. The summed E-state index contributed by atoms with van der Waals surface area (Å²) in [4.78, 5) is 11.7. The van der Waals surface area contributed by atoms with Gasteiger partial charge in [-0.15, -0.1) is 0 Å². The molecule has 7 heteroatoms. The molecule has 6 nitrogen and oxygen atoms in total. The van der Waals surface area contributed by atoms with E-state index in [9.17, 15) is 8.42 Å². The van der Waals surface area contributed by atoms with Crippen molar-refractivity contribution in [2.24, 2.45) is 0 Å². The minimum absolute atomic E-state index is 0.273. The predicted molar refractivity (Wildman–Crippen MR) is 110 cm³/mol. The van der Waals surface area contributed by atoms with Crippen LogP contribution >= 0.6 is 0 Å². The van der Waals surface area contributed by atoms with E-state index < -0.39 is 10.0 Å². The molecule has 1 aliphatic heterocycles. The number of aromatic nitrogens is 2. The molecule has 0 bridgehead atoms. The van der Waals surface area contributed by atoms with Crippen molar-refractivity contribution < 1.29 is 8.42 Å². The van der Waals surface area contributed by atoms with Crippen molar-refractivity contribution in [1.82, 2.24) is 14.3 Å². The van der Waals surface area contributed by atoms with Crippen LogP contribution in [0.25, 0.3) is 11.4 Å². The molecule has 3 aromatic rings. The standard InChI is InChI=1S/C21H22N4O2S/c1-24(2)21-18-15-25(28(26,27)17-11-7-4-8-12-17)14-13-19(18)22-20(23-21)16-9-5-3-6-10-16/h3-12H,13-15H2,1-2H3. The van der Waals surface area contributed by atoms with Gasteiger partial charge in [-0.1, -0.05) is 48.5 Å². The lowest BCUT2D eigenvalue weighted by Crippen LogP contribution is -2.37. The lowest BCUT2D eigenvalue weighted by molar-refractivity contribution is 0.387. The fraction of sp³-hybridized carbons (Fsp3) is 0.238. The second-order valence-electron chi connectivity index (χ2n) is 6.96. The van der Waals surface area contributed by atoms with E-state index in [0.29, 0.717) is 23.7 Å². The molecule has 0 atom stereocenters. The molecule has 4 rings (SSSR count). The highest BCUT2D eigenvalue weighted by atomic mass is 32.2. The number of sulfonamides is 1. The average molecular weight is 395 g/mol. The van der Waals surface area contributed by atoms with Crippen molar-refractivity contribution in [3.05, 3.63) is 71.9 Å². The predicted octanol–water partition coefficient (Wildman–Crippen LogP) is 2.96. The Morgan fingerprint density at radius 2 is 1.57 bits per heavy atom. The smallest absolute Gasteiger partial charge is 0.243 e. The number of hydrogen-bond acceptors (Lipinski definition) is 5. The Morgan fingerprint density at radius 1 is 0.929 bits per heavy atom. The Hall–Kier alpha value is -2.77. The first-order valence-electron chi connectivity index (χ1n) is 9.14. The van der Waals surface area contributed by atoms with E-state index in [4.69, 9.17) is 9.97 Å². The molecule has 0 radical (unpaired) electrons. The highest BCUT2D eigenvalue weighted by Crippen LogP contribution is 2.31. The first-order chi connectivity index (χ1) is 13.5. The highest BCUT2D eigenvalue weighted by Gasteiger charge is 2.31. The summed E-state index contributed by atoms with van der Waals surface area (Å²) in [6.07, 6.45) is 0.560. The van der Waals surface area contributed by atoms with Crippen LogP contribution in [0.2, 0.25) is 0 Å². The Balaban J connectivity index is 1.75. The molecule has 28 heavy (non-hydrogen) atoms. The van der Waals surface area contributed by atoms with Crippen LogP contribution in [0, 0.1) is 0 Å². The van der Waals surface area contributed by atoms with E-state index in [2.05, 4.69) is 0 Å². The fourth-order valence-electron chi connectivity index (χ4n) is 3.40. The second kappa shape index (κ2) is 7.33. The van der Waals surface area contributed by atoms with Gasteiger partial charge in [-0.05, 0) is 12.1 Å². The van der Waals surface area contributed by atoms with Gasteiger partial charge in [-0.3, -0.25) is 0 Å². The lowest BCUT2D eigenvalue weighted by atomic mass is 10.1. The van der Waals surface area contributed by atoms with Crippen LogP contribution in [0.4, 0.5) is 5.82 Å². The van der Waals surface area contributed by atoms with Crippen LogP contribution in [-0.2, 0) is 23.0 Å². The van der Waals surface area contributed by atoms with Crippen molar-refractivity contribution in [2.75, 3.05) is 25.5 Å². The summed E-state index contributed by atoms with van der Waals surface area (Å²) >= 11 is 0. The van der Waals surface area contributed by atoms with Gasteiger partial charge < -0.3 is 4.90 Å². The van der Waals surface area contributed by atoms with Crippen LogP contribution in [0.3, 0.4) is 0 Å². The first kappa shape index (κ1) is 18.6. The molecule has 2 aromatic carbocycles. The van der Waals surface area contributed by atoms with Gasteiger partial charge in [-0.25, -0.2) is 18.4 Å². The molecule has 1 aromatic heterocycles. The van der Waals surface area contributed by atoms with Crippen LogP contribution in [0.5, 0.6) is 0 Å². The second-order valence-corrected chi connectivity index (χ2v) is 8.90. The molecule has 2 heterocycles. The van der Waals surface area contributed by atoms with Gasteiger partial charge in [0.25, 0.3) is 0 Å². The largest absolute Gasteiger partial charge is 0.362 e. The van der Waals surface area contributed by atoms with E-state index in [1.165, 1.54) is 4.31 Å². The van der Waals surface area contributed by atoms with Crippen LogP contribution < -0.4 is 4.90 Å². The molecule has 0 saturated carbocycles. The molecule has 0 unspecified atom stereocenters. The molecule has 0 aliphatic carbocycles. The summed E-state index contributed by atoms with van der Waals surface area (Å²) in [5.41, 5.74) is 2.74. The van der Waals surface area contributed by atoms with Gasteiger partial charge in [0.15, 0.2) is 5.82 Å². The number of fused-ring (bicyclic) bond motifs is 1. The molecule has 0 amide bonds. The zero-order chi connectivity index (χ0) is 19.7. The van der Waals surface area contributed by atoms with Gasteiger partial charge in [0, 0.05) is 44.7 Å². The number of anilines is 1. The third-order valence-electron chi connectivity index (χ3n) is 4.84. The summed E-state index contributed by atoms with van der Waals surface area (Å²) in [5.74, 6) is 1.43. The van der Waals surface area contributed by atoms with Gasteiger partial charge >= 0.3 is 0 Å². The minimum Gasteiger partial charge on any atom is -0.362 e. The monoisotopic (exact) mass is 394 g/mol. The van der Waals surface area contributed by atoms with Crippen molar-refractivity contribution in [1.29, 1.82) is 0 Å². The summed E-state index contributed by atoms with van der Waals surface area (Å²) in [7, 11) is 0.287.